The first-order valence-corrected chi connectivity index (χ1v) is 3.54. The van der Waals surface area contributed by atoms with Crippen LogP contribution in [0.5, 0.6) is 0 Å². The van der Waals surface area contributed by atoms with E-state index in [9.17, 15) is 0 Å². The molecule has 1 rings (SSSR count). The van der Waals surface area contributed by atoms with E-state index in [0.717, 1.165) is 4.47 Å². The predicted molar refractivity (Wildman–Crippen MR) is 45.3 cm³/mol. The Hall–Kier alpha value is -0.380. The second kappa shape index (κ2) is 6.74. The van der Waals surface area contributed by atoms with Gasteiger partial charge in [0.25, 0.3) is 0 Å². The highest BCUT2D eigenvalue weighted by Crippen LogP contribution is 2.05. The van der Waals surface area contributed by atoms with Crippen molar-refractivity contribution in [2.45, 2.75) is 0 Å². The molecule has 0 unspecified atom stereocenters. The second-order valence-electron chi connectivity index (χ2n) is 1.53. The molecule has 0 fully saturated rings. The fourth-order valence-electron chi connectivity index (χ4n) is 0.415. The molecule has 10 heavy (non-hydrogen) atoms. The molecule has 3 heteroatoms. The molecule has 0 aliphatic rings. The average Bonchev–Trinajstić information content (AvgIpc) is 1.91. The van der Waals surface area contributed by atoms with Crippen molar-refractivity contribution in [2.75, 3.05) is 7.11 Å². The van der Waals surface area contributed by atoms with E-state index in [0.29, 0.717) is 0 Å². The molecule has 0 atom stereocenters. The topological polar surface area (TPSA) is 35.2 Å². The van der Waals surface area contributed by atoms with Gasteiger partial charge >= 0.3 is 0 Å². The molecule has 0 heterocycles. The maximum atomic E-state index is 4.35. The normalized spacial score (nSPS) is 7.90. The van der Waals surface area contributed by atoms with Crippen LogP contribution in [-0.4, -0.2) is 7.11 Å². The molecule has 0 spiro atoms. The highest BCUT2D eigenvalue weighted by atomic mass is 79.9. The van der Waals surface area contributed by atoms with Crippen LogP contribution < -0.4 is 5.90 Å². The van der Waals surface area contributed by atoms with Crippen molar-refractivity contribution in [3.05, 3.63) is 34.8 Å². The van der Waals surface area contributed by atoms with Crippen molar-refractivity contribution in [3.63, 3.8) is 0 Å². The number of rotatable bonds is 0. The van der Waals surface area contributed by atoms with Crippen LogP contribution in [0.2, 0.25) is 0 Å². The van der Waals surface area contributed by atoms with Crippen LogP contribution in [0.4, 0.5) is 0 Å². The molecule has 0 aliphatic carbocycles. The molecule has 2 N–H and O–H groups in total. The summed E-state index contributed by atoms with van der Waals surface area (Å²) in [7, 11) is 1.40. The van der Waals surface area contributed by atoms with Crippen LogP contribution in [0.1, 0.15) is 0 Å². The van der Waals surface area contributed by atoms with Crippen LogP contribution in [0, 0.1) is 0 Å². The van der Waals surface area contributed by atoms with E-state index in [-0.39, 0.29) is 0 Å². The third kappa shape index (κ3) is 5.75. The molecule has 1 aromatic rings. The first kappa shape index (κ1) is 9.62. The van der Waals surface area contributed by atoms with Crippen LogP contribution in [-0.2, 0) is 4.84 Å². The van der Waals surface area contributed by atoms with Crippen LogP contribution >= 0.6 is 15.9 Å². The largest absolute Gasteiger partial charge is 0.308 e. The average molecular weight is 204 g/mol. The molecule has 0 aromatic heterocycles. The summed E-state index contributed by atoms with van der Waals surface area (Å²) in [5, 5.41) is 0. The Labute approximate surface area is 69.1 Å². The van der Waals surface area contributed by atoms with Gasteiger partial charge in [0.05, 0.1) is 7.11 Å². The summed E-state index contributed by atoms with van der Waals surface area (Å²) in [6, 6.07) is 9.97. The van der Waals surface area contributed by atoms with E-state index in [1.807, 2.05) is 30.3 Å². The highest BCUT2D eigenvalue weighted by Gasteiger charge is 1.74. The lowest BCUT2D eigenvalue weighted by molar-refractivity contribution is 0.206. The molecule has 0 amide bonds. The zero-order valence-electron chi connectivity index (χ0n) is 5.75. The summed E-state index contributed by atoms with van der Waals surface area (Å²) in [6.07, 6.45) is 0. The minimum absolute atomic E-state index is 1.13. The Morgan fingerprint density at radius 3 is 1.90 bits per heavy atom. The minimum Gasteiger partial charge on any atom is -0.308 e. The zero-order chi connectivity index (χ0) is 7.82. The third-order valence-corrected chi connectivity index (χ3v) is 1.26. The number of benzene rings is 1. The molecular formula is C7H10BrNO. The fourth-order valence-corrected chi connectivity index (χ4v) is 0.720. The summed E-state index contributed by atoms with van der Waals surface area (Å²) < 4.78 is 1.13. The standard InChI is InChI=1S/C6H5Br.CH5NO/c7-6-4-2-1-3-5-6;1-3-2/h1-5H;2H2,1H3. The molecule has 0 aliphatic heterocycles. The van der Waals surface area contributed by atoms with Gasteiger partial charge < -0.3 is 4.84 Å². The van der Waals surface area contributed by atoms with E-state index in [4.69, 9.17) is 0 Å². The molecule has 0 bridgehead atoms. The second-order valence-corrected chi connectivity index (χ2v) is 2.45. The van der Waals surface area contributed by atoms with Crippen LogP contribution in [0.3, 0.4) is 0 Å². The lowest BCUT2D eigenvalue weighted by Crippen LogP contribution is -1.86. The number of hydrogen-bond donors (Lipinski definition) is 1. The lowest BCUT2D eigenvalue weighted by atomic mass is 10.4. The molecule has 56 valence electrons. The van der Waals surface area contributed by atoms with Gasteiger partial charge in [-0.1, -0.05) is 34.1 Å². The van der Waals surface area contributed by atoms with Crippen molar-refractivity contribution in [2.24, 2.45) is 5.90 Å². The van der Waals surface area contributed by atoms with Crippen LogP contribution in [0.25, 0.3) is 0 Å². The van der Waals surface area contributed by atoms with E-state index >= 15 is 0 Å². The molecule has 2 nitrogen and oxygen atoms in total. The van der Waals surface area contributed by atoms with Gasteiger partial charge in [-0.05, 0) is 12.1 Å². The third-order valence-electron chi connectivity index (χ3n) is 0.733. The van der Waals surface area contributed by atoms with Gasteiger partial charge in [-0.25, -0.2) is 5.90 Å². The summed E-state index contributed by atoms with van der Waals surface area (Å²) in [5.41, 5.74) is 0. The summed E-state index contributed by atoms with van der Waals surface area (Å²) in [5.74, 6) is 4.35. The van der Waals surface area contributed by atoms with Gasteiger partial charge in [0.2, 0.25) is 0 Å². The Kier molecular flexibility index (Phi) is 6.48. The monoisotopic (exact) mass is 203 g/mol. The molecule has 1 aromatic carbocycles. The van der Waals surface area contributed by atoms with Crippen molar-refractivity contribution < 1.29 is 4.84 Å². The first-order chi connectivity index (χ1) is 4.81. The van der Waals surface area contributed by atoms with Gasteiger partial charge in [-0.3, -0.25) is 0 Å². The summed E-state index contributed by atoms with van der Waals surface area (Å²) in [4.78, 5) is 3.75. The summed E-state index contributed by atoms with van der Waals surface area (Å²) >= 11 is 3.31. The van der Waals surface area contributed by atoms with E-state index in [1.165, 1.54) is 7.11 Å². The Bertz CT molecular complexity index is 155. The van der Waals surface area contributed by atoms with Crippen molar-refractivity contribution in [1.82, 2.24) is 0 Å². The molecule has 0 saturated carbocycles. The Morgan fingerprint density at radius 1 is 1.30 bits per heavy atom. The summed E-state index contributed by atoms with van der Waals surface area (Å²) in [6.45, 7) is 0. The van der Waals surface area contributed by atoms with Crippen molar-refractivity contribution >= 4 is 15.9 Å². The van der Waals surface area contributed by atoms with E-state index < -0.39 is 0 Å². The quantitative estimate of drug-likeness (QED) is 0.655. The molecule has 0 radical (unpaired) electrons. The Balaban J connectivity index is 0.000000236. The highest BCUT2D eigenvalue weighted by molar-refractivity contribution is 9.10. The maximum absolute atomic E-state index is 4.35. The van der Waals surface area contributed by atoms with Gasteiger partial charge in [0.15, 0.2) is 0 Å². The maximum Gasteiger partial charge on any atom is 0.0569 e. The first-order valence-electron chi connectivity index (χ1n) is 2.74. The van der Waals surface area contributed by atoms with Gasteiger partial charge in [-0.15, -0.1) is 0 Å². The lowest BCUT2D eigenvalue weighted by Gasteiger charge is -1.80. The Morgan fingerprint density at radius 2 is 1.70 bits per heavy atom. The number of hydrogen-bond acceptors (Lipinski definition) is 2. The van der Waals surface area contributed by atoms with Crippen molar-refractivity contribution in [3.8, 4) is 0 Å². The van der Waals surface area contributed by atoms with Crippen LogP contribution in [0.15, 0.2) is 34.8 Å². The van der Waals surface area contributed by atoms with E-state index in [2.05, 4.69) is 26.7 Å². The minimum atomic E-state index is 1.13. The fraction of sp³-hybridized carbons (Fsp3) is 0.143. The van der Waals surface area contributed by atoms with E-state index in [1.54, 1.807) is 0 Å². The molecular weight excluding hydrogens is 194 g/mol. The predicted octanol–water partition coefficient (Wildman–Crippen LogP) is 1.96. The SMILES string of the molecule is Brc1ccccc1.CON. The molecule has 0 saturated heterocycles. The number of nitrogens with two attached hydrogens (primary N) is 1. The smallest absolute Gasteiger partial charge is 0.0569 e. The van der Waals surface area contributed by atoms with Gasteiger partial charge in [0, 0.05) is 4.47 Å². The van der Waals surface area contributed by atoms with Crippen molar-refractivity contribution in [1.29, 1.82) is 0 Å². The van der Waals surface area contributed by atoms with Gasteiger partial charge in [0.1, 0.15) is 0 Å². The zero-order valence-corrected chi connectivity index (χ0v) is 7.34. The number of halogens is 1. The van der Waals surface area contributed by atoms with Gasteiger partial charge in [-0.2, -0.15) is 0 Å².